The maximum atomic E-state index is 12.1. The van der Waals surface area contributed by atoms with Gasteiger partial charge in [0.25, 0.3) is 5.56 Å². The van der Waals surface area contributed by atoms with E-state index in [1.165, 1.54) is 0 Å². The fourth-order valence-electron chi connectivity index (χ4n) is 2.24. The van der Waals surface area contributed by atoms with Crippen molar-refractivity contribution in [1.29, 1.82) is 5.26 Å². The van der Waals surface area contributed by atoms with Crippen molar-refractivity contribution in [1.82, 2.24) is 4.98 Å². The lowest BCUT2D eigenvalue weighted by Crippen LogP contribution is -2.13. The highest BCUT2D eigenvalue weighted by atomic mass is 127. The zero-order valence-electron chi connectivity index (χ0n) is 12.9. The smallest absolute Gasteiger partial charge is 0.266 e. The molecule has 0 aliphatic carbocycles. The Morgan fingerprint density at radius 3 is 2.74 bits per heavy atom. The molecular weight excluding hydrogens is 471 g/mol. The molecule has 0 aliphatic heterocycles. The average Bonchev–Trinajstić information content (AvgIpc) is 2.48. The van der Waals surface area contributed by atoms with Gasteiger partial charge in [0.05, 0.1) is 10.2 Å². The van der Waals surface area contributed by atoms with Crippen molar-refractivity contribution >= 4 is 38.5 Å². The number of halogens is 2. The summed E-state index contributed by atoms with van der Waals surface area (Å²) in [6.45, 7) is 4.50. The lowest BCUT2D eigenvalue weighted by molar-refractivity contribution is 0.308. The van der Waals surface area contributed by atoms with Gasteiger partial charge in [-0.2, -0.15) is 5.26 Å². The number of rotatable bonds is 5. The van der Waals surface area contributed by atoms with E-state index in [1.807, 2.05) is 24.3 Å². The number of ether oxygens (including phenoxy) is 1. The minimum absolute atomic E-state index is 0.102. The Balaban J connectivity index is 2.68. The number of nitriles is 1. The molecule has 2 aromatic rings. The van der Waals surface area contributed by atoms with E-state index in [-0.39, 0.29) is 11.1 Å². The van der Waals surface area contributed by atoms with Crippen LogP contribution in [0.5, 0.6) is 5.75 Å². The number of unbranched alkanes of at least 4 members (excludes halogenated alkanes) is 1. The van der Waals surface area contributed by atoms with E-state index in [0.717, 1.165) is 26.4 Å². The number of aromatic amines is 1. The summed E-state index contributed by atoms with van der Waals surface area (Å²) in [5.41, 5.74) is 1.78. The molecule has 0 radical (unpaired) electrons. The standard InChI is InChI=1S/C17H16BrIN2O2/c1-3-4-5-23-16-13(7-11(18)8-15(16)19)12-6-10(2)21-17(22)14(12)9-20/h6-8H,3-5H2,1-2H3,(H,21,22). The van der Waals surface area contributed by atoms with E-state index < -0.39 is 0 Å². The number of nitrogens with zero attached hydrogens (tertiary/aromatic N) is 1. The molecular formula is C17H16BrIN2O2. The number of nitrogens with one attached hydrogen (secondary N) is 1. The molecule has 0 spiro atoms. The maximum absolute atomic E-state index is 12.1. The van der Waals surface area contributed by atoms with Gasteiger partial charge in [-0.25, -0.2) is 0 Å². The molecule has 0 amide bonds. The zero-order chi connectivity index (χ0) is 17.0. The van der Waals surface area contributed by atoms with Gasteiger partial charge in [0.15, 0.2) is 0 Å². The molecule has 6 heteroatoms. The van der Waals surface area contributed by atoms with Crippen LogP contribution in [0.15, 0.2) is 27.5 Å². The third kappa shape index (κ3) is 4.15. The molecule has 1 N–H and O–H groups in total. The molecule has 0 fully saturated rings. The first-order valence-corrected chi connectivity index (χ1v) is 9.11. The first kappa shape index (κ1) is 18.0. The van der Waals surface area contributed by atoms with Crippen LogP contribution in [0.3, 0.4) is 0 Å². The van der Waals surface area contributed by atoms with E-state index in [0.29, 0.717) is 23.6 Å². The topological polar surface area (TPSA) is 65.9 Å². The van der Waals surface area contributed by atoms with Gasteiger partial charge in [-0.05, 0) is 54.1 Å². The van der Waals surface area contributed by atoms with Gasteiger partial charge in [0, 0.05) is 21.3 Å². The Hall–Kier alpha value is -1.33. The highest BCUT2D eigenvalue weighted by Crippen LogP contribution is 2.38. The summed E-state index contributed by atoms with van der Waals surface area (Å²) >= 11 is 5.69. The quantitative estimate of drug-likeness (QED) is 0.489. The molecule has 0 saturated heterocycles. The van der Waals surface area contributed by atoms with Crippen LogP contribution >= 0.6 is 38.5 Å². The molecule has 1 aromatic heterocycles. The SMILES string of the molecule is CCCCOc1c(I)cc(Br)cc1-c1cc(C)[nH]c(=O)c1C#N. The number of H-pyrrole nitrogens is 1. The first-order valence-electron chi connectivity index (χ1n) is 7.24. The summed E-state index contributed by atoms with van der Waals surface area (Å²) < 4.78 is 7.76. The maximum Gasteiger partial charge on any atom is 0.266 e. The Morgan fingerprint density at radius 1 is 1.35 bits per heavy atom. The average molecular weight is 487 g/mol. The summed E-state index contributed by atoms with van der Waals surface area (Å²) in [6, 6.07) is 7.66. The number of benzene rings is 1. The molecule has 23 heavy (non-hydrogen) atoms. The van der Waals surface area contributed by atoms with E-state index >= 15 is 0 Å². The van der Waals surface area contributed by atoms with Crippen LogP contribution in [0.1, 0.15) is 31.0 Å². The van der Waals surface area contributed by atoms with Crippen molar-refractivity contribution in [2.45, 2.75) is 26.7 Å². The van der Waals surface area contributed by atoms with Crippen LogP contribution in [-0.4, -0.2) is 11.6 Å². The summed E-state index contributed by atoms with van der Waals surface area (Å²) in [4.78, 5) is 14.7. The van der Waals surface area contributed by atoms with Crippen molar-refractivity contribution in [3.05, 3.63) is 47.9 Å². The molecule has 0 saturated carbocycles. The van der Waals surface area contributed by atoms with E-state index in [1.54, 1.807) is 6.92 Å². The largest absolute Gasteiger partial charge is 0.492 e. The highest BCUT2D eigenvalue weighted by molar-refractivity contribution is 14.1. The molecule has 4 nitrogen and oxygen atoms in total. The second-order valence-electron chi connectivity index (χ2n) is 5.15. The Bertz CT molecular complexity index is 825. The number of aromatic nitrogens is 1. The van der Waals surface area contributed by atoms with E-state index in [9.17, 15) is 10.1 Å². The predicted octanol–water partition coefficient (Wildman–Crippen LogP) is 4.77. The molecule has 0 aliphatic rings. The Labute approximate surface area is 157 Å². The number of hydrogen-bond donors (Lipinski definition) is 1. The number of aryl methyl sites for hydroxylation is 1. The van der Waals surface area contributed by atoms with Gasteiger partial charge in [-0.3, -0.25) is 4.79 Å². The van der Waals surface area contributed by atoms with Gasteiger partial charge in [0.2, 0.25) is 0 Å². The highest BCUT2D eigenvalue weighted by Gasteiger charge is 2.17. The normalized spacial score (nSPS) is 10.4. The van der Waals surface area contributed by atoms with Crippen LogP contribution in [0, 0.1) is 21.8 Å². The van der Waals surface area contributed by atoms with E-state index in [4.69, 9.17) is 4.74 Å². The monoisotopic (exact) mass is 486 g/mol. The van der Waals surface area contributed by atoms with Crippen molar-refractivity contribution < 1.29 is 4.74 Å². The molecule has 0 unspecified atom stereocenters. The minimum Gasteiger partial charge on any atom is -0.492 e. The fraction of sp³-hybridized carbons (Fsp3) is 0.294. The number of hydrogen-bond acceptors (Lipinski definition) is 3. The summed E-state index contributed by atoms with van der Waals surface area (Å²) in [7, 11) is 0. The molecule has 0 bridgehead atoms. The molecule has 1 heterocycles. The summed E-state index contributed by atoms with van der Waals surface area (Å²) in [5.74, 6) is 0.712. The van der Waals surface area contributed by atoms with Gasteiger partial charge in [-0.1, -0.05) is 29.3 Å². The van der Waals surface area contributed by atoms with Crippen molar-refractivity contribution in [3.8, 4) is 22.9 Å². The van der Waals surface area contributed by atoms with Gasteiger partial charge >= 0.3 is 0 Å². The lowest BCUT2D eigenvalue weighted by atomic mass is 10.00. The van der Waals surface area contributed by atoms with Crippen molar-refractivity contribution in [3.63, 3.8) is 0 Å². The molecule has 0 atom stereocenters. The van der Waals surface area contributed by atoms with Gasteiger partial charge < -0.3 is 9.72 Å². The Morgan fingerprint density at radius 2 is 2.09 bits per heavy atom. The minimum atomic E-state index is -0.378. The van der Waals surface area contributed by atoms with E-state index in [2.05, 4.69) is 50.4 Å². The van der Waals surface area contributed by atoms with Crippen LogP contribution in [0.2, 0.25) is 0 Å². The second-order valence-corrected chi connectivity index (χ2v) is 7.23. The third-order valence-corrected chi connectivity index (χ3v) is 4.58. The summed E-state index contributed by atoms with van der Waals surface area (Å²) in [5, 5.41) is 9.37. The molecule has 2 rings (SSSR count). The zero-order valence-corrected chi connectivity index (χ0v) is 16.6. The molecule has 1 aromatic carbocycles. The van der Waals surface area contributed by atoms with Crippen molar-refractivity contribution in [2.24, 2.45) is 0 Å². The molecule has 120 valence electrons. The fourth-order valence-corrected chi connectivity index (χ4v) is 3.91. The summed E-state index contributed by atoms with van der Waals surface area (Å²) in [6.07, 6.45) is 1.99. The first-order chi connectivity index (χ1) is 11.0. The van der Waals surface area contributed by atoms with Crippen LogP contribution in [0.25, 0.3) is 11.1 Å². The van der Waals surface area contributed by atoms with Crippen molar-refractivity contribution in [2.75, 3.05) is 6.61 Å². The second kappa shape index (κ2) is 7.97. The Kier molecular flexibility index (Phi) is 6.25. The lowest BCUT2D eigenvalue weighted by Gasteiger charge is -2.15. The van der Waals surface area contributed by atoms with Crippen LogP contribution in [-0.2, 0) is 0 Å². The number of pyridine rings is 1. The van der Waals surface area contributed by atoms with Crippen LogP contribution in [0.4, 0.5) is 0 Å². The van der Waals surface area contributed by atoms with Gasteiger partial charge in [-0.15, -0.1) is 0 Å². The third-order valence-electron chi connectivity index (χ3n) is 3.32. The predicted molar refractivity (Wildman–Crippen MR) is 103 cm³/mol. The van der Waals surface area contributed by atoms with Crippen LogP contribution < -0.4 is 10.3 Å². The van der Waals surface area contributed by atoms with Gasteiger partial charge in [0.1, 0.15) is 17.4 Å².